The van der Waals surface area contributed by atoms with E-state index in [0.717, 1.165) is 37.0 Å². The highest BCUT2D eigenvalue weighted by molar-refractivity contribution is 5.76. The number of ether oxygens (including phenoxy) is 1. The summed E-state index contributed by atoms with van der Waals surface area (Å²) in [5.74, 6) is 2.88. The quantitative estimate of drug-likeness (QED) is 0.300. The van der Waals surface area contributed by atoms with Gasteiger partial charge in [-0.05, 0) is 69.6 Å². The lowest BCUT2D eigenvalue weighted by molar-refractivity contribution is -0.158. The van der Waals surface area contributed by atoms with Gasteiger partial charge in [0, 0.05) is 0 Å². The number of carbonyl (C=O) groups excluding carboxylic acids is 1. The minimum Gasteiger partial charge on any atom is -0.465 e. The second kappa shape index (κ2) is 11.3. The first-order valence-corrected chi connectivity index (χ1v) is 11.8. The molecule has 2 fully saturated rings. The number of unbranched alkanes of at least 4 members (excludes halogenated alkanes) is 4. The van der Waals surface area contributed by atoms with Gasteiger partial charge in [-0.3, -0.25) is 4.79 Å². The van der Waals surface area contributed by atoms with Gasteiger partial charge >= 0.3 is 5.97 Å². The van der Waals surface area contributed by atoms with Gasteiger partial charge in [-0.2, -0.15) is 0 Å². The van der Waals surface area contributed by atoms with Crippen LogP contribution < -0.4 is 0 Å². The molecule has 2 saturated carbocycles. The monoisotopic (exact) mass is 364 g/mol. The summed E-state index contributed by atoms with van der Waals surface area (Å²) < 4.78 is 5.65. The van der Waals surface area contributed by atoms with Gasteiger partial charge in [-0.15, -0.1) is 0 Å². The van der Waals surface area contributed by atoms with Crippen LogP contribution in [0.5, 0.6) is 0 Å². The average Bonchev–Trinajstić information content (AvgIpc) is 2.66. The largest absolute Gasteiger partial charge is 0.465 e. The van der Waals surface area contributed by atoms with Gasteiger partial charge in [0.15, 0.2) is 0 Å². The first kappa shape index (κ1) is 21.8. The molecule has 0 aliphatic heterocycles. The summed E-state index contributed by atoms with van der Waals surface area (Å²) in [5, 5.41) is 0. The van der Waals surface area contributed by atoms with Crippen LogP contribution in [0.3, 0.4) is 0 Å². The third kappa shape index (κ3) is 6.57. The average molecular weight is 365 g/mol. The lowest BCUT2D eigenvalue weighted by Crippen LogP contribution is -2.36. The predicted octanol–water partition coefficient (Wildman–Crippen LogP) is 7.30. The molecule has 0 heterocycles. The highest BCUT2D eigenvalue weighted by Gasteiger charge is 2.41. The maximum absolute atomic E-state index is 12.6. The molecule has 0 N–H and O–H groups in total. The van der Waals surface area contributed by atoms with E-state index in [9.17, 15) is 4.79 Å². The zero-order valence-electron chi connectivity index (χ0n) is 17.9. The summed E-state index contributed by atoms with van der Waals surface area (Å²) in [5.41, 5.74) is -0.209. The van der Waals surface area contributed by atoms with Crippen molar-refractivity contribution in [2.45, 2.75) is 117 Å². The van der Waals surface area contributed by atoms with E-state index in [1.54, 1.807) is 0 Å². The van der Waals surface area contributed by atoms with Crippen molar-refractivity contribution in [2.24, 2.45) is 23.2 Å². The maximum atomic E-state index is 12.6. The molecule has 0 aromatic carbocycles. The third-order valence-electron chi connectivity index (χ3n) is 7.36. The molecule has 0 aromatic heterocycles. The van der Waals surface area contributed by atoms with E-state index in [2.05, 4.69) is 20.8 Å². The molecular formula is C24H44O2. The fourth-order valence-corrected chi connectivity index (χ4v) is 5.35. The number of esters is 1. The summed E-state index contributed by atoms with van der Waals surface area (Å²) in [6, 6.07) is 0. The normalized spacial score (nSPS) is 32.3. The molecule has 0 saturated heterocycles. The van der Waals surface area contributed by atoms with E-state index in [4.69, 9.17) is 4.74 Å². The summed E-state index contributed by atoms with van der Waals surface area (Å²) in [7, 11) is 0. The SMILES string of the molecule is CCCCCCCOC(=O)C1(C)CCC(C2CCC(CCC)CC2)CC1. The first-order valence-electron chi connectivity index (χ1n) is 11.8. The number of rotatable bonds is 10. The fraction of sp³-hybridized carbons (Fsp3) is 0.958. The summed E-state index contributed by atoms with van der Waals surface area (Å²) in [6.45, 7) is 7.33. The second-order valence-electron chi connectivity index (χ2n) is 9.52. The Hall–Kier alpha value is -0.530. The Morgan fingerprint density at radius 1 is 0.846 bits per heavy atom. The van der Waals surface area contributed by atoms with E-state index in [-0.39, 0.29) is 11.4 Å². The van der Waals surface area contributed by atoms with E-state index in [1.807, 2.05) is 0 Å². The van der Waals surface area contributed by atoms with Crippen LogP contribution in [-0.4, -0.2) is 12.6 Å². The van der Waals surface area contributed by atoms with Gasteiger partial charge in [0.2, 0.25) is 0 Å². The summed E-state index contributed by atoms with van der Waals surface area (Å²) in [6.07, 6.45) is 19.2. The molecule has 0 atom stereocenters. The van der Waals surface area contributed by atoms with Crippen molar-refractivity contribution in [3.8, 4) is 0 Å². The van der Waals surface area contributed by atoms with Crippen LogP contribution in [0.15, 0.2) is 0 Å². The number of carbonyl (C=O) groups is 1. The topological polar surface area (TPSA) is 26.3 Å². The zero-order chi connectivity index (χ0) is 18.8. The van der Waals surface area contributed by atoms with Gasteiger partial charge in [0.25, 0.3) is 0 Å². The van der Waals surface area contributed by atoms with Crippen molar-refractivity contribution in [3.63, 3.8) is 0 Å². The van der Waals surface area contributed by atoms with Gasteiger partial charge in [-0.1, -0.05) is 65.2 Å². The Balaban J connectivity index is 1.65. The Morgan fingerprint density at radius 3 is 2.08 bits per heavy atom. The van der Waals surface area contributed by atoms with Crippen LogP contribution in [-0.2, 0) is 9.53 Å². The highest BCUT2D eigenvalue weighted by atomic mass is 16.5. The molecule has 0 radical (unpaired) electrons. The maximum Gasteiger partial charge on any atom is 0.311 e. The Morgan fingerprint density at radius 2 is 1.46 bits per heavy atom. The molecule has 2 heteroatoms. The molecule has 2 nitrogen and oxygen atoms in total. The van der Waals surface area contributed by atoms with Crippen molar-refractivity contribution < 1.29 is 9.53 Å². The summed E-state index contributed by atoms with van der Waals surface area (Å²) in [4.78, 5) is 12.6. The smallest absolute Gasteiger partial charge is 0.311 e. The number of hydrogen-bond donors (Lipinski definition) is 0. The molecule has 2 rings (SSSR count). The van der Waals surface area contributed by atoms with E-state index >= 15 is 0 Å². The second-order valence-corrected chi connectivity index (χ2v) is 9.52. The van der Waals surface area contributed by atoms with Crippen LogP contribution >= 0.6 is 0 Å². The minimum absolute atomic E-state index is 0.0816. The van der Waals surface area contributed by atoms with Crippen LogP contribution in [0, 0.1) is 23.2 Å². The van der Waals surface area contributed by atoms with E-state index < -0.39 is 0 Å². The zero-order valence-corrected chi connectivity index (χ0v) is 17.9. The van der Waals surface area contributed by atoms with Gasteiger partial charge < -0.3 is 4.74 Å². The molecule has 26 heavy (non-hydrogen) atoms. The standard InChI is InChI=1S/C24H44O2/c1-4-6-7-8-9-19-26-23(25)24(3)17-15-22(16-18-24)21-13-11-20(10-5-2)12-14-21/h20-22H,4-19H2,1-3H3. The lowest BCUT2D eigenvalue weighted by atomic mass is 9.65. The molecule has 152 valence electrons. The van der Waals surface area contributed by atoms with E-state index in [1.165, 1.54) is 77.0 Å². The van der Waals surface area contributed by atoms with Gasteiger partial charge in [0.05, 0.1) is 12.0 Å². The van der Waals surface area contributed by atoms with Crippen LogP contribution in [0.25, 0.3) is 0 Å². The molecule has 0 amide bonds. The first-order chi connectivity index (χ1) is 12.6. The molecule has 0 bridgehead atoms. The minimum atomic E-state index is -0.209. The molecule has 2 aliphatic carbocycles. The summed E-state index contributed by atoms with van der Waals surface area (Å²) >= 11 is 0. The molecule has 0 aromatic rings. The van der Waals surface area contributed by atoms with Crippen LogP contribution in [0.4, 0.5) is 0 Å². The van der Waals surface area contributed by atoms with E-state index in [0.29, 0.717) is 6.61 Å². The number of hydrogen-bond acceptors (Lipinski definition) is 2. The van der Waals surface area contributed by atoms with Crippen molar-refractivity contribution in [2.75, 3.05) is 6.61 Å². The van der Waals surface area contributed by atoms with Crippen molar-refractivity contribution in [1.82, 2.24) is 0 Å². The Kier molecular flexibility index (Phi) is 9.50. The van der Waals surface area contributed by atoms with Crippen molar-refractivity contribution >= 4 is 5.97 Å². The van der Waals surface area contributed by atoms with Crippen molar-refractivity contribution in [3.05, 3.63) is 0 Å². The molecule has 0 unspecified atom stereocenters. The van der Waals surface area contributed by atoms with Crippen LogP contribution in [0.2, 0.25) is 0 Å². The molecule has 2 aliphatic rings. The fourth-order valence-electron chi connectivity index (χ4n) is 5.35. The Labute approximate surface area is 162 Å². The van der Waals surface area contributed by atoms with Crippen LogP contribution in [0.1, 0.15) is 117 Å². The molecule has 0 spiro atoms. The Bertz CT molecular complexity index is 387. The lowest BCUT2D eigenvalue weighted by Gasteiger charge is -2.40. The predicted molar refractivity (Wildman–Crippen MR) is 110 cm³/mol. The van der Waals surface area contributed by atoms with Gasteiger partial charge in [0.1, 0.15) is 0 Å². The van der Waals surface area contributed by atoms with Gasteiger partial charge in [-0.25, -0.2) is 0 Å². The highest BCUT2D eigenvalue weighted by Crippen LogP contribution is 2.46. The third-order valence-corrected chi connectivity index (χ3v) is 7.36. The molecular weight excluding hydrogens is 320 g/mol. The van der Waals surface area contributed by atoms with Crippen molar-refractivity contribution in [1.29, 1.82) is 0 Å².